The van der Waals surface area contributed by atoms with Crippen molar-refractivity contribution in [2.24, 2.45) is 5.73 Å². The number of thiophene rings is 1. The fourth-order valence-electron chi connectivity index (χ4n) is 1.60. The molecule has 0 fully saturated rings. The molecule has 6 heteroatoms. The molecule has 1 aromatic heterocycles. The first-order chi connectivity index (χ1) is 9.77. The molecule has 1 rings (SSSR count). The topological polar surface area (TPSA) is 62.9 Å². The highest BCUT2D eigenvalue weighted by molar-refractivity contribution is 7.12. The van der Waals surface area contributed by atoms with E-state index >= 15 is 0 Å². The minimum atomic E-state index is 0.584. The summed E-state index contributed by atoms with van der Waals surface area (Å²) in [5.74, 6) is 0. The number of ether oxygens (including phenoxy) is 4. The smallest absolute Gasteiger partial charge is 0.0728 e. The van der Waals surface area contributed by atoms with Crippen LogP contribution >= 0.6 is 11.3 Å². The molecule has 0 spiro atoms. The Bertz CT molecular complexity index is 357. The van der Waals surface area contributed by atoms with Crippen LogP contribution in [-0.4, -0.2) is 46.8 Å². The molecule has 0 aromatic carbocycles. The van der Waals surface area contributed by atoms with E-state index in [-0.39, 0.29) is 0 Å². The van der Waals surface area contributed by atoms with E-state index in [0.717, 1.165) is 0 Å². The second-order valence-electron chi connectivity index (χ2n) is 4.27. The third-order valence-electron chi connectivity index (χ3n) is 2.71. The van der Waals surface area contributed by atoms with Crippen LogP contribution in [0.2, 0.25) is 0 Å². The Morgan fingerprint density at radius 2 is 1.60 bits per heavy atom. The van der Waals surface area contributed by atoms with Crippen LogP contribution in [0.3, 0.4) is 0 Å². The maximum absolute atomic E-state index is 5.62. The molecule has 0 aliphatic heterocycles. The van der Waals surface area contributed by atoms with Crippen LogP contribution in [0.25, 0.3) is 0 Å². The molecule has 20 heavy (non-hydrogen) atoms. The lowest BCUT2D eigenvalue weighted by molar-refractivity contribution is 0.000854. The van der Waals surface area contributed by atoms with E-state index in [0.29, 0.717) is 52.8 Å². The van der Waals surface area contributed by atoms with Crippen molar-refractivity contribution in [3.63, 3.8) is 0 Å². The van der Waals surface area contributed by atoms with E-state index in [1.807, 2.05) is 0 Å². The lowest BCUT2D eigenvalue weighted by Crippen LogP contribution is -2.11. The summed E-state index contributed by atoms with van der Waals surface area (Å²) in [7, 11) is 1.66. The quantitative estimate of drug-likeness (QED) is 0.596. The molecule has 0 atom stereocenters. The Morgan fingerprint density at radius 3 is 2.15 bits per heavy atom. The second-order valence-corrected chi connectivity index (χ2v) is 5.61. The first kappa shape index (κ1) is 17.6. The summed E-state index contributed by atoms with van der Waals surface area (Å²) in [6.07, 6.45) is 0. The minimum Gasteiger partial charge on any atom is -0.382 e. The van der Waals surface area contributed by atoms with Crippen LogP contribution in [0, 0.1) is 6.92 Å². The van der Waals surface area contributed by atoms with E-state index in [4.69, 9.17) is 24.7 Å². The van der Waals surface area contributed by atoms with E-state index in [2.05, 4.69) is 13.0 Å². The van der Waals surface area contributed by atoms with Crippen molar-refractivity contribution in [2.45, 2.75) is 20.1 Å². The molecule has 0 unspecified atom stereocenters. The molecule has 0 saturated heterocycles. The predicted molar refractivity (Wildman–Crippen MR) is 80.1 cm³/mol. The molecular formula is C14H25NO4S. The summed E-state index contributed by atoms with van der Waals surface area (Å²) in [6.45, 7) is 6.88. The van der Waals surface area contributed by atoms with Gasteiger partial charge in [0.15, 0.2) is 0 Å². The van der Waals surface area contributed by atoms with Gasteiger partial charge in [-0.15, -0.1) is 11.3 Å². The van der Waals surface area contributed by atoms with Crippen molar-refractivity contribution in [1.29, 1.82) is 0 Å². The Labute approximate surface area is 125 Å². The number of hydrogen-bond acceptors (Lipinski definition) is 6. The average molecular weight is 303 g/mol. The van der Waals surface area contributed by atoms with Gasteiger partial charge in [-0.2, -0.15) is 0 Å². The van der Waals surface area contributed by atoms with E-state index in [1.54, 1.807) is 18.4 Å². The molecule has 1 heterocycles. The van der Waals surface area contributed by atoms with Gasteiger partial charge in [0.25, 0.3) is 0 Å². The van der Waals surface area contributed by atoms with Crippen molar-refractivity contribution in [1.82, 2.24) is 0 Å². The number of rotatable bonds is 12. The maximum atomic E-state index is 5.62. The van der Waals surface area contributed by atoms with Gasteiger partial charge in [0, 0.05) is 23.4 Å². The van der Waals surface area contributed by atoms with Gasteiger partial charge < -0.3 is 24.7 Å². The molecule has 0 aliphatic carbocycles. The zero-order valence-corrected chi connectivity index (χ0v) is 13.2. The summed E-state index contributed by atoms with van der Waals surface area (Å²) >= 11 is 1.73. The summed E-state index contributed by atoms with van der Waals surface area (Å²) in [6, 6.07) is 2.12. The Morgan fingerprint density at radius 1 is 1.00 bits per heavy atom. The predicted octanol–water partition coefficient (Wildman–Crippen LogP) is 1.71. The molecular weight excluding hydrogens is 278 g/mol. The highest BCUT2D eigenvalue weighted by Gasteiger charge is 2.04. The summed E-state index contributed by atoms with van der Waals surface area (Å²) in [5.41, 5.74) is 6.84. The van der Waals surface area contributed by atoms with Gasteiger partial charge in [0.2, 0.25) is 0 Å². The molecule has 0 amide bonds. The van der Waals surface area contributed by atoms with Gasteiger partial charge in [-0.05, 0) is 18.6 Å². The van der Waals surface area contributed by atoms with Crippen molar-refractivity contribution in [2.75, 3.05) is 46.8 Å². The van der Waals surface area contributed by atoms with E-state index in [9.17, 15) is 0 Å². The SMILES string of the molecule is COCCOCCOCCOCc1cc(CN)sc1C. The lowest BCUT2D eigenvalue weighted by atomic mass is 10.2. The monoisotopic (exact) mass is 303 g/mol. The Balaban J connectivity index is 1.95. The van der Waals surface area contributed by atoms with Crippen LogP contribution in [0.5, 0.6) is 0 Å². The highest BCUT2D eigenvalue weighted by atomic mass is 32.1. The molecule has 0 aliphatic rings. The molecule has 0 radical (unpaired) electrons. The molecule has 116 valence electrons. The van der Waals surface area contributed by atoms with Crippen LogP contribution in [0.15, 0.2) is 6.07 Å². The van der Waals surface area contributed by atoms with Crippen LogP contribution in [-0.2, 0) is 32.1 Å². The summed E-state index contributed by atoms with van der Waals surface area (Å²) < 4.78 is 21.1. The molecule has 0 bridgehead atoms. The van der Waals surface area contributed by atoms with E-state index < -0.39 is 0 Å². The highest BCUT2D eigenvalue weighted by Crippen LogP contribution is 2.21. The first-order valence-corrected chi connectivity index (χ1v) is 7.60. The van der Waals surface area contributed by atoms with E-state index in [1.165, 1.54) is 15.3 Å². The number of aryl methyl sites for hydroxylation is 1. The van der Waals surface area contributed by atoms with Gasteiger partial charge in [-0.1, -0.05) is 0 Å². The molecule has 5 nitrogen and oxygen atoms in total. The second kappa shape index (κ2) is 11.2. The largest absolute Gasteiger partial charge is 0.382 e. The number of hydrogen-bond donors (Lipinski definition) is 1. The summed E-state index contributed by atoms with van der Waals surface area (Å²) in [4.78, 5) is 2.48. The third-order valence-corrected chi connectivity index (χ3v) is 3.82. The van der Waals surface area contributed by atoms with Crippen LogP contribution in [0.1, 0.15) is 15.3 Å². The standard InChI is InChI=1S/C14H25NO4S/c1-12-13(9-14(10-15)20-12)11-19-8-7-18-6-5-17-4-3-16-2/h9H,3-8,10-11,15H2,1-2H3. The van der Waals surface area contributed by atoms with Crippen molar-refractivity contribution in [3.8, 4) is 0 Å². The van der Waals surface area contributed by atoms with Crippen molar-refractivity contribution >= 4 is 11.3 Å². The third kappa shape index (κ3) is 7.33. The minimum absolute atomic E-state index is 0.584. The number of methoxy groups -OCH3 is 1. The number of nitrogens with two attached hydrogens (primary N) is 1. The average Bonchev–Trinajstić information content (AvgIpc) is 2.81. The maximum Gasteiger partial charge on any atom is 0.0728 e. The zero-order valence-electron chi connectivity index (χ0n) is 12.4. The Hall–Kier alpha value is -0.500. The van der Waals surface area contributed by atoms with Gasteiger partial charge in [-0.3, -0.25) is 0 Å². The van der Waals surface area contributed by atoms with Gasteiger partial charge >= 0.3 is 0 Å². The van der Waals surface area contributed by atoms with Crippen molar-refractivity contribution in [3.05, 3.63) is 21.4 Å². The zero-order chi connectivity index (χ0) is 14.6. The van der Waals surface area contributed by atoms with Gasteiger partial charge in [0.05, 0.1) is 46.2 Å². The van der Waals surface area contributed by atoms with Gasteiger partial charge in [-0.25, -0.2) is 0 Å². The molecule has 0 saturated carbocycles. The van der Waals surface area contributed by atoms with Gasteiger partial charge in [0.1, 0.15) is 0 Å². The molecule has 2 N–H and O–H groups in total. The lowest BCUT2D eigenvalue weighted by Gasteiger charge is -2.06. The first-order valence-electron chi connectivity index (χ1n) is 6.78. The van der Waals surface area contributed by atoms with Crippen LogP contribution < -0.4 is 5.73 Å². The molecule has 1 aromatic rings. The summed E-state index contributed by atoms with van der Waals surface area (Å²) in [5, 5.41) is 0. The normalized spacial score (nSPS) is 11.2. The fourth-order valence-corrected chi connectivity index (χ4v) is 2.52. The fraction of sp³-hybridized carbons (Fsp3) is 0.714. The Kier molecular flexibility index (Phi) is 9.82. The van der Waals surface area contributed by atoms with Crippen molar-refractivity contribution < 1.29 is 18.9 Å². The van der Waals surface area contributed by atoms with Crippen LogP contribution in [0.4, 0.5) is 0 Å².